The average Bonchev–Trinajstić information content (AvgIpc) is 2.61. The van der Waals surface area contributed by atoms with Crippen LogP contribution in [0, 0.1) is 5.92 Å². The number of nitrogens with one attached hydrogen (secondary N) is 1. The fourth-order valence-electron chi connectivity index (χ4n) is 2.63. The number of carbonyl (C=O) groups is 3. The topological polar surface area (TPSA) is 82.6 Å². The van der Waals surface area contributed by atoms with Crippen molar-refractivity contribution in [3.8, 4) is 0 Å². The predicted molar refractivity (Wildman–Crippen MR) is 94.2 cm³/mol. The first-order chi connectivity index (χ1) is 11.9. The van der Waals surface area contributed by atoms with Gasteiger partial charge in [-0.15, -0.1) is 0 Å². The van der Waals surface area contributed by atoms with Gasteiger partial charge in [0.05, 0.1) is 0 Å². The first kappa shape index (κ1) is 18.9. The van der Waals surface area contributed by atoms with Gasteiger partial charge in [0.2, 0.25) is 5.91 Å². The van der Waals surface area contributed by atoms with E-state index in [-0.39, 0.29) is 29.1 Å². The lowest BCUT2D eigenvalue weighted by atomic mass is 10.1. The van der Waals surface area contributed by atoms with Crippen molar-refractivity contribution in [3.63, 3.8) is 0 Å². The molecular formula is C18H26N4O3. The van der Waals surface area contributed by atoms with Crippen LogP contribution < -0.4 is 5.32 Å². The van der Waals surface area contributed by atoms with Crippen molar-refractivity contribution in [1.82, 2.24) is 20.1 Å². The lowest BCUT2D eigenvalue weighted by molar-refractivity contribution is -0.130. The van der Waals surface area contributed by atoms with Gasteiger partial charge < -0.3 is 15.1 Å². The molecule has 1 aliphatic rings. The highest BCUT2D eigenvalue weighted by molar-refractivity contribution is 5.96. The first-order valence-electron chi connectivity index (χ1n) is 8.68. The molecule has 0 spiro atoms. The lowest BCUT2D eigenvalue weighted by Gasteiger charge is -2.34. The molecule has 0 bridgehead atoms. The Morgan fingerprint density at radius 2 is 1.68 bits per heavy atom. The Morgan fingerprint density at radius 3 is 2.28 bits per heavy atom. The second kappa shape index (κ2) is 8.60. The van der Waals surface area contributed by atoms with E-state index in [0.29, 0.717) is 38.6 Å². The molecule has 25 heavy (non-hydrogen) atoms. The van der Waals surface area contributed by atoms with Crippen LogP contribution >= 0.6 is 0 Å². The molecule has 1 N–H and O–H groups in total. The van der Waals surface area contributed by atoms with E-state index in [1.807, 2.05) is 0 Å². The summed E-state index contributed by atoms with van der Waals surface area (Å²) in [6.07, 6.45) is 0.894. The van der Waals surface area contributed by atoms with Crippen LogP contribution in [0.3, 0.4) is 0 Å². The zero-order valence-corrected chi connectivity index (χ0v) is 15.1. The highest BCUT2D eigenvalue weighted by Crippen LogP contribution is 2.09. The minimum absolute atomic E-state index is 0.0188. The molecular weight excluding hydrogens is 320 g/mol. The van der Waals surface area contributed by atoms with E-state index in [1.165, 1.54) is 6.92 Å². The number of piperazine rings is 1. The van der Waals surface area contributed by atoms with Crippen LogP contribution in [0.2, 0.25) is 0 Å². The zero-order valence-electron chi connectivity index (χ0n) is 15.1. The van der Waals surface area contributed by atoms with Crippen LogP contribution in [0.4, 0.5) is 0 Å². The number of carbonyl (C=O) groups excluding carboxylic acids is 3. The average molecular weight is 346 g/mol. The number of hydrogen-bond donors (Lipinski definition) is 1. The van der Waals surface area contributed by atoms with Gasteiger partial charge in [0.15, 0.2) is 0 Å². The van der Waals surface area contributed by atoms with Crippen LogP contribution in [0.25, 0.3) is 0 Å². The fourth-order valence-corrected chi connectivity index (χ4v) is 2.63. The Bertz CT molecular complexity index is 637. The van der Waals surface area contributed by atoms with E-state index < -0.39 is 0 Å². The molecule has 0 radical (unpaired) electrons. The zero-order chi connectivity index (χ0) is 18.4. The second-order valence-corrected chi connectivity index (χ2v) is 6.64. The van der Waals surface area contributed by atoms with Gasteiger partial charge in [-0.25, -0.2) is 4.98 Å². The number of rotatable bonds is 5. The molecule has 7 nitrogen and oxygen atoms in total. The Balaban J connectivity index is 1.97. The van der Waals surface area contributed by atoms with E-state index in [1.54, 1.807) is 28.0 Å². The molecule has 1 aromatic rings. The smallest absolute Gasteiger partial charge is 0.272 e. The highest BCUT2D eigenvalue weighted by Gasteiger charge is 2.24. The quantitative estimate of drug-likeness (QED) is 0.867. The summed E-state index contributed by atoms with van der Waals surface area (Å²) in [5, 5.41) is 2.82. The third-order valence-electron chi connectivity index (χ3n) is 4.22. The van der Waals surface area contributed by atoms with Gasteiger partial charge >= 0.3 is 0 Å². The fraction of sp³-hybridized carbons (Fsp3) is 0.556. The Kier molecular flexibility index (Phi) is 6.50. The molecule has 1 fully saturated rings. The van der Waals surface area contributed by atoms with Gasteiger partial charge in [-0.3, -0.25) is 14.4 Å². The van der Waals surface area contributed by atoms with Crippen molar-refractivity contribution < 1.29 is 14.4 Å². The molecule has 2 rings (SSSR count). The Morgan fingerprint density at radius 1 is 1.08 bits per heavy atom. The van der Waals surface area contributed by atoms with Gasteiger partial charge in [-0.2, -0.15) is 0 Å². The maximum Gasteiger partial charge on any atom is 0.272 e. The number of aromatic nitrogens is 1. The second-order valence-electron chi connectivity index (χ2n) is 6.64. The summed E-state index contributed by atoms with van der Waals surface area (Å²) < 4.78 is 0. The van der Waals surface area contributed by atoms with E-state index in [9.17, 15) is 14.4 Å². The number of nitrogens with zero attached hydrogens (tertiary/aromatic N) is 3. The lowest BCUT2D eigenvalue weighted by Crippen LogP contribution is -2.50. The minimum atomic E-state index is -0.267. The minimum Gasteiger partial charge on any atom is -0.351 e. The normalized spacial score (nSPS) is 14.6. The maximum absolute atomic E-state index is 12.6. The van der Waals surface area contributed by atoms with Crippen molar-refractivity contribution >= 4 is 17.7 Å². The monoisotopic (exact) mass is 346 g/mol. The molecule has 1 saturated heterocycles. The van der Waals surface area contributed by atoms with Gasteiger partial charge in [0.1, 0.15) is 11.4 Å². The van der Waals surface area contributed by atoms with E-state index >= 15 is 0 Å². The standard InChI is InChI=1S/C18H26N4O3/c1-13(2)7-8-19-17(24)15-5-4-6-16(20-15)18(25)22-11-9-21(10-12-22)14(3)23/h4-6,13H,7-12H2,1-3H3,(H,19,24). The maximum atomic E-state index is 12.6. The van der Waals surface area contributed by atoms with E-state index in [2.05, 4.69) is 24.1 Å². The van der Waals surface area contributed by atoms with Crippen molar-refractivity contribution in [3.05, 3.63) is 29.6 Å². The van der Waals surface area contributed by atoms with Gasteiger partial charge in [0.25, 0.3) is 11.8 Å². The third-order valence-corrected chi connectivity index (χ3v) is 4.22. The summed E-state index contributed by atoms with van der Waals surface area (Å²) >= 11 is 0. The first-order valence-corrected chi connectivity index (χ1v) is 8.68. The van der Waals surface area contributed by atoms with Crippen molar-refractivity contribution in [1.29, 1.82) is 0 Å². The van der Waals surface area contributed by atoms with Crippen LogP contribution in [-0.2, 0) is 4.79 Å². The number of pyridine rings is 1. The molecule has 7 heteroatoms. The van der Waals surface area contributed by atoms with Gasteiger partial charge in [-0.1, -0.05) is 19.9 Å². The Labute approximate surface area is 148 Å². The molecule has 0 aliphatic carbocycles. The van der Waals surface area contributed by atoms with Crippen LogP contribution in [-0.4, -0.2) is 65.2 Å². The molecule has 3 amide bonds. The van der Waals surface area contributed by atoms with Crippen LogP contribution in [0.1, 0.15) is 48.2 Å². The largest absolute Gasteiger partial charge is 0.351 e. The summed E-state index contributed by atoms with van der Waals surface area (Å²) in [7, 11) is 0. The van der Waals surface area contributed by atoms with Gasteiger partial charge in [-0.05, 0) is 24.5 Å². The highest BCUT2D eigenvalue weighted by atomic mass is 16.2. The molecule has 136 valence electrons. The van der Waals surface area contributed by atoms with E-state index in [4.69, 9.17) is 0 Å². The molecule has 2 heterocycles. The van der Waals surface area contributed by atoms with Crippen LogP contribution in [0.15, 0.2) is 18.2 Å². The van der Waals surface area contributed by atoms with Crippen molar-refractivity contribution in [2.75, 3.05) is 32.7 Å². The van der Waals surface area contributed by atoms with Crippen molar-refractivity contribution in [2.24, 2.45) is 5.92 Å². The molecule has 1 aliphatic heterocycles. The number of hydrogen-bond acceptors (Lipinski definition) is 4. The molecule has 0 atom stereocenters. The summed E-state index contributed by atoms with van der Waals surface area (Å²) in [5.41, 5.74) is 0.504. The summed E-state index contributed by atoms with van der Waals surface area (Å²) in [6.45, 7) is 8.30. The van der Waals surface area contributed by atoms with Gasteiger partial charge in [0, 0.05) is 39.6 Å². The summed E-state index contributed by atoms with van der Waals surface area (Å²) in [5.74, 6) is 0.0527. The Hall–Kier alpha value is -2.44. The molecule has 1 aromatic heterocycles. The van der Waals surface area contributed by atoms with E-state index in [0.717, 1.165) is 6.42 Å². The number of amides is 3. The van der Waals surface area contributed by atoms with Crippen molar-refractivity contribution in [2.45, 2.75) is 27.2 Å². The van der Waals surface area contributed by atoms with Crippen LogP contribution in [0.5, 0.6) is 0 Å². The predicted octanol–water partition coefficient (Wildman–Crippen LogP) is 1.16. The molecule has 0 unspecified atom stereocenters. The SMILES string of the molecule is CC(=O)N1CCN(C(=O)c2cccc(C(=O)NCCC(C)C)n2)CC1. The summed E-state index contributed by atoms with van der Waals surface area (Å²) in [4.78, 5) is 43.7. The molecule has 0 aromatic carbocycles. The molecule has 0 saturated carbocycles. The third kappa shape index (κ3) is 5.27. The summed E-state index contributed by atoms with van der Waals surface area (Å²) in [6, 6.07) is 4.89.